The normalized spacial score (nSPS) is 12.0. The highest BCUT2D eigenvalue weighted by molar-refractivity contribution is 7.91. The summed E-state index contributed by atoms with van der Waals surface area (Å²) in [5, 5.41) is 14.8. The van der Waals surface area contributed by atoms with Crippen molar-refractivity contribution in [3.05, 3.63) is 70.7 Å². The lowest BCUT2D eigenvalue weighted by molar-refractivity contribution is 0.0955. The number of carbonyl (C=O) groups excluding carboxylic acids is 1. The number of nitrogens with one attached hydrogen (secondary N) is 1. The average Bonchev–Trinajstić information content (AvgIpc) is 2.68. The summed E-state index contributed by atoms with van der Waals surface area (Å²) in [6, 6.07) is 14.5. The summed E-state index contributed by atoms with van der Waals surface area (Å²) in [7, 11) is -3.43. The van der Waals surface area contributed by atoms with E-state index in [0.717, 1.165) is 0 Å². The van der Waals surface area contributed by atoms with Crippen molar-refractivity contribution < 1.29 is 18.3 Å². The minimum absolute atomic E-state index is 0.0126. The fourth-order valence-electron chi connectivity index (χ4n) is 3.08. The lowest BCUT2D eigenvalue weighted by Gasteiger charge is -2.11. The summed E-state index contributed by atoms with van der Waals surface area (Å²) >= 11 is 5.82. The summed E-state index contributed by atoms with van der Waals surface area (Å²) in [6.07, 6.45) is 1.46. The predicted octanol–water partition coefficient (Wildman–Crippen LogP) is 4.39. The minimum atomic E-state index is -3.43. The maximum Gasteiger partial charge on any atom is 0.271 e. The molecule has 0 atom stereocenters. The molecule has 0 saturated heterocycles. The number of nitrogens with zero attached hydrogens (tertiary/aromatic N) is 1. The molecule has 0 heterocycles. The first-order chi connectivity index (χ1) is 14.2. The Morgan fingerprint density at radius 1 is 1.13 bits per heavy atom. The van der Waals surface area contributed by atoms with Gasteiger partial charge in [-0.05, 0) is 35.6 Å². The third-order valence-electron chi connectivity index (χ3n) is 4.39. The Labute approximate surface area is 180 Å². The third-order valence-corrected chi connectivity index (χ3v) is 6.82. The van der Waals surface area contributed by atoms with Crippen LogP contribution in [-0.2, 0) is 9.84 Å². The molecule has 0 fully saturated rings. The smallest absolute Gasteiger partial charge is 0.271 e. The number of phenolic OH excluding ortho intramolecular Hbond substituents is 1. The fourth-order valence-corrected chi connectivity index (χ4v) is 5.11. The van der Waals surface area contributed by atoms with Gasteiger partial charge in [0.15, 0.2) is 9.84 Å². The first-order valence-electron chi connectivity index (χ1n) is 9.25. The number of sulfone groups is 1. The minimum Gasteiger partial charge on any atom is -0.506 e. The quantitative estimate of drug-likeness (QED) is 0.435. The Kier molecular flexibility index (Phi) is 6.43. The Bertz CT molecular complexity index is 1240. The highest BCUT2D eigenvalue weighted by Gasteiger charge is 2.20. The first kappa shape index (κ1) is 21.8. The lowest BCUT2D eigenvalue weighted by atomic mass is 10.1. The summed E-state index contributed by atoms with van der Waals surface area (Å²) in [5.41, 5.74) is 3.31. The number of aromatic hydroxyl groups is 1. The van der Waals surface area contributed by atoms with Crippen molar-refractivity contribution >= 4 is 44.3 Å². The van der Waals surface area contributed by atoms with Crippen LogP contribution < -0.4 is 5.43 Å². The van der Waals surface area contributed by atoms with Crippen LogP contribution in [0.4, 0.5) is 0 Å². The van der Waals surface area contributed by atoms with Crippen LogP contribution in [0, 0.1) is 5.92 Å². The second-order valence-corrected chi connectivity index (χ2v) is 9.65. The van der Waals surface area contributed by atoms with Crippen LogP contribution in [-0.4, -0.2) is 31.4 Å². The Hall–Kier alpha value is -2.90. The molecule has 30 heavy (non-hydrogen) atoms. The number of fused-ring (bicyclic) bond motifs is 1. The fraction of sp³-hybridized carbons (Fsp3) is 0.182. The van der Waals surface area contributed by atoms with E-state index in [-0.39, 0.29) is 32.9 Å². The van der Waals surface area contributed by atoms with Crippen molar-refractivity contribution in [2.45, 2.75) is 18.7 Å². The van der Waals surface area contributed by atoms with Gasteiger partial charge < -0.3 is 5.11 Å². The molecule has 0 bridgehead atoms. The molecule has 0 spiro atoms. The van der Waals surface area contributed by atoms with E-state index < -0.39 is 15.7 Å². The zero-order chi connectivity index (χ0) is 21.9. The number of phenols is 1. The standard InChI is InChI=1S/C22H21ClN2O4S/c1-14(2)13-30(28,29)21-10-8-16(17-5-3-4-6-18(17)21)12-24-25-22(27)15-7-9-20(26)19(23)11-15/h3-12,14,26H,13H2,1-2H3,(H,25,27)/b24-12+. The molecular weight excluding hydrogens is 424 g/mol. The second-order valence-electron chi connectivity index (χ2n) is 7.24. The summed E-state index contributed by atoms with van der Waals surface area (Å²) in [4.78, 5) is 12.5. The Balaban J connectivity index is 1.89. The molecule has 2 N–H and O–H groups in total. The van der Waals surface area contributed by atoms with Crippen LogP contribution in [0.1, 0.15) is 29.8 Å². The Morgan fingerprint density at radius 3 is 2.50 bits per heavy atom. The topological polar surface area (TPSA) is 95.8 Å². The van der Waals surface area contributed by atoms with E-state index >= 15 is 0 Å². The molecular formula is C22H21ClN2O4S. The molecule has 6 nitrogen and oxygen atoms in total. The highest BCUT2D eigenvalue weighted by Crippen LogP contribution is 2.27. The van der Waals surface area contributed by atoms with Gasteiger partial charge in [0.2, 0.25) is 0 Å². The van der Waals surface area contributed by atoms with Crippen LogP contribution in [0.5, 0.6) is 5.75 Å². The van der Waals surface area contributed by atoms with Crippen molar-refractivity contribution in [3.63, 3.8) is 0 Å². The molecule has 3 aromatic carbocycles. The molecule has 0 aromatic heterocycles. The number of carbonyl (C=O) groups is 1. The second kappa shape index (κ2) is 8.85. The number of hydrogen-bond acceptors (Lipinski definition) is 5. The molecule has 8 heteroatoms. The first-order valence-corrected chi connectivity index (χ1v) is 11.3. The van der Waals surface area contributed by atoms with Crippen molar-refractivity contribution in [2.24, 2.45) is 11.0 Å². The zero-order valence-electron chi connectivity index (χ0n) is 16.5. The van der Waals surface area contributed by atoms with Gasteiger partial charge in [0, 0.05) is 16.5 Å². The summed E-state index contributed by atoms with van der Waals surface area (Å²) in [5.74, 6) is -0.529. The maximum absolute atomic E-state index is 12.8. The molecule has 0 aliphatic rings. The van der Waals surface area contributed by atoms with E-state index in [1.165, 1.54) is 24.4 Å². The highest BCUT2D eigenvalue weighted by atomic mass is 35.5. The van der Waals surface area contributed by atoms with E-state index in [2.05, 4.69) is 10.5 Å². The van der Waals surface area contributed by atoms with Crippen LogP contribution in [0.2, 0.25) is 5.02 Å². The number of halogens is 1. The van der Waals surface area contributed by atoms with Gasteiger partial charge in [-0.2, -0.15) is 5.10 Å². The van der Waals surface area contributed by atoms with E-state index in [9.17, 15) is 18.3 Å². The number of benzene rings is 3. The van der Waals surface area contributed by atoms with Crippen LogP contribution in [0.25, 0.3) is 10.8 Å². The summed E-state index contributed by atoms with van der Waals surface area (Å²) in [6.45, 7) is 3.73. The number of amides is 1. The maximum atomic E-state index is 12.8. The predicted molar refractivity (Wildman–Crippen MR) is 119 cm³/mol. The molecule has 156 valence electrons. The SMILES string of the molecule is CC(C)CS(=O)(=O)c1ccc(/C=N/NC(=O)c2ccc(O)c(Cl)c2)c2ccccc12. The molecule has 0 unspecified atom stereocenters. The molecule has 3 aromatic rings. The van der Waals surface area contributed by atoms with Gasteiger partial charge in [0.25, 0.3) is 5.91 Å². The van der Waals surface area contributed by atoms with Gasteiger partial charge in [-0.3, -0.25) is 4.79 Å². The van der Waals surface area contributed by atoms with Gasteiger partial charge in [-0.1, -0.05) is 55.8 Å². The molecule has 0 aliphatic carbocycles. The van der Waals surface area contributed by atoms with E-state index in [0.29, 0.717) is 16.3 Å². The summed E-state index contributed by atoms with van der Waals surface area (Å²) < 4.78 is 25.5. The van der Waals surface area contributed by atoms with Crippen molar-refractivity contribution in [1.29, 1.82) is 0 Å². The van der Waals surface area contributed by atoms with Gasteiger partial charge in [0.1, 0.15) is 5.75 Å². The van der Waals surface area contributed by atoms with Crippen LogP contribution >= 0.6 is 11.6 Å². The molecule has 0 aliphatic heterocycles. The molecule has 1 amide bonds. The van der Waals surface area contributed by atoms with E-state index in [4.69, 9.17) is 11.6 Å². The van der Waals surface area contributed by atoms with Crippen LogP contribution in [0.15, 0.2) is 64.6 Å². The van der Waals surface area contributed by atoms with Crippen LogP contribution in [0.3, 0.4) is 0 Å². The monoisotopic (exact) mass is 444 g/mol. The van der Waals surface area contributed by atoms with Crippen molar-refractivity contribution in [2.75, 3.05) is 5.75 Å². The third kappa shape index (κ3) is 4.80. The van der Waals surface area contributed by atoms with E-state index in [1.807, 2.05) is 26.0 Å². The lowest BCUT2D eigenvalue weighted by Crippen LogP contribution is -2.17. The molecule has 0 saturated carbocycles. The van der Waals surface area contributed by atoms with E-state index in [1.54, 1.807) is 24.3 Å². The molecule has 0 radical (unpaired) electrons. The van der Waals surface area contributed by atoms with Crippen molar-refractivity contribution in [1.82, 2.24) is 5.43 Å². The number of hydrazone groups is 1. The zero-order valence-corrected chi connectivity index (χ0v) is 18.0. The van der Waals surface area contributed by atoms with Crippen molar-refractivity contribution in [3.8, 4) is 5.75 Å². The largest absolute Gasteiger partial charge is 0.506 e. The van der Waals surface area contributed by atoms with Gasteiger partial charge in [-0.25, -0.2) is 13.8 Å². The number of rotatable bonds is 6. The molecule has 3 rings (SSSR count). The number of hydrogen-bond donors (Lipinski definition) is 2. The average molecular weight is 445 g/mol. The van der Waals surface area contributed by atoms with Gasteiger partial charge in [-0.15, -0.1) is 0 Å². The van der Waals surface area contributed by atoms with Gasteiger partial charge in [0.05, 0.1) is 21.9 Å². The van der Waals surface area contributed by atoms with Gasteiger partial charge >= 0.3 is 0 Å². The Morgan fingerprint density at radius 2 is 1.83 bits per heavy atom.